The summed E-state index contributed by atoms with van der Waals surface area (Å²) < 4.78 is 0. The average molecular weight is 205 g/mol. The molecule has 0 fully saturated rings. The summed E-state index contributed by atoms with van der Waals surface area (Å²) in [7, 11) is 2.04. The van der Waals surface area contributed by atoms with Gasteiger partial charge >= 0.3 is 0 Å². The number of hydrogen-bond acceptors (Lipinski definition) is 2. The van der Waals surface area contributed by atoms with Gasteiger partial charge in [0.15, 0.2) is 0 Å². The maximum atomic E-state index is 7.61. The molecule has 0 aliphatic heterocycles. The molecule has 3 nitrogen and oxygen atoms in total. The van der Waals surface area contributed by atoms with Gasteiger partial charge in [-0.2, -0.15) is 0 Å². The first-order valence-electron chi connectivity index (χ1n) is 5.22. The van der Waals surface area contributed by atoms with Crippen LogP contribution in [-0.2, 0) is 0 Å². The van der Waals surface area contributed by atoms with Crippen LogP contribution in [0.15, 0.2) is 30.3 Å². The maximum Gasteiger partial charge on any atom is 0.0995 e. The Kier molecular flexibility index (Phi) is 4.31. The SMILES string of the molecule is CCN(C)CC(C(=N)N)c1ccccc1. The Balaban J connectivity index is 2.80. The molecule has 0 saturated carbocycles. The van der Waals surface area contributed by atoms with Gasteiger partial charge in [-0.1, -0.05) is 37.3 Å². The lowest BCUT2D eigenvalue weighted by Crippen LogP contribution is -2.32. The highest BCUT2D eigenvalue weighted by atomic mass is 15.1. The van der Waals surface area contributed by atoms with E-state index in [1.807, 2.05) is 37.4 Å². The van der Waals surface area contributed by atoms with Crippen molar-refractivity contribution in [3.63, 3.8) is 0 Å². The Bertz CT molecular complexity index is 308. The van der Waals surface area contributed by atoms with Crippen molar-refractivity contribution in [1.82, 2.24) is 4.90 Å². The lowest BCUT2D eigenvalue weighted by molar-refractivity contribution is 0.348. The van der Waals surface area contributed by atoms with E-state index in [-0.39, 0.29) is 11.8 Å². The van der Waals surface area contributed by atoms with Gasteiger partial charge in [0.05, 0.1) is 11.8 Å². The van der Waals surface area contributed by atoms with E-state index in [1.54, 1.807) is 0 Å². The van der Waals surface area contributed by atoms with Crippen LogP contribution >= 0.6 is 0 Å². The highest BCUT2D eigenvalue weighted by Gasteiger charge is 2.15. The molecule has 0 aliphatic rings. The van der Waals surface area contributed by atoms with E-state index < -0.39 is 0 Å². The first-order chi connectivity index (χ1) is 7.15. The fourth-order valence-corrected chi connectivity index (χ4v) is 1.51. The number of hydrogen-bond donors (Lipinski definition) is 2. The normalized spacial score (nSPS) is 12.7. The van der Waals surface area contributed by atoms with Gasteiger partial charge in [-0.25, -0.2) is 0 Å². The molecule has 3 heteroatoms. The van der Waals surface area contributed by atoms with Crippen LogP contribution in [0, 0.1) is 5.41 Å². The van der Waals surface area contributed by atoms with Crippen molar-refractivity contribution in [2.24, 2.45) is 5.73 Å². The zero-order valence-corrected chi connectivity index (χ0v) is 9.40. The standard InChI is InChI=1S/C12H19N3/c1-3-15(2)9-11(12(13)14)10-7-5-4-6-8-10/h4-8,11H,3,9H2,1-2H3,(H3,13,14). The molecule has 15 heavy (non-hydrogen) atoms. The number of nitrogens with two attached hydrogens (primary N) is 1. The van der Waals surface area contributed by atoms with Gasteiger partial charge in [-0.3, -0.25) is 5.41 Å². The van der Waals surface area contributed by atoms with E-state index in [0.29, 0.717) is 0 Å². The Morgan fingerprint density at radius 1 is 1.40 bits per heavy atom. The number of likely N-dealkylation sites (N-methyl/N-ethyl adjacent to an activating group) is 1. The minimum absolute atomic E-state index is 0.0103. The fourth-order valence-electron chi connectivity index (χ4n) is 1.51. The second-order valence-electron chi connectivity index (χ2n) is 3.77. The molecular formula is C12H19N3. The Hall–Kier alpha value is -1.35. The molecule has 3 N–H and O–H groups in total. The van der Waals surface area contributed by atoms with Crippen LogP contribution in [0.3, 0.4) is 0 Å². The summed E-state index contributed by atoms with van der Waals surface area (Å²) in [6, 6.07) is 9.99. The fraction of sp³-hybridized carbons (Fsp3) is 0.417. The van der Waals surface area contributed by atoms with Gasteiger partial charge in [-0.15, -0.1) is 0 Å². The molecule has 0 spiro atoms. The zero-order chi connectivity index (χ0) is 11.3. The van der Waals surface area contributed by atoms with Crippen molar-refractivity contribution < 1.29 is 0 Å². The summed E-state index contributed by atoms with van der Waals surface area (Å²) in [6.07, 6.45) is 0. The second-order valence-corrected chi connectivity index (χ2v) is 3.77. The number of nitrogens with one attached hydrogen (secondary N) is 1. The van der Waals surface area contributed by atoms with Gasteiger partial charge in [0.2, 0.25) is 0 Å². The van der Waals surface area contributed by atoms with Crippen LogP contribution in [-0.4, -0.2) is 30.9 Å². The third-order valence-electron chi connectivity index (χ3n) is 2.61. The predicted octanol–water partition coefficient (Wildman–Crippen LogP) is 1.66. The molecule has 0 aliphatic carbocycles. The van der Waals surface area contributed by atoms with Crippen molar-refractivity contribution >= 4 is 5.84 Å². The minimum atomic E-state index is 0.0103. The molecule has 0 bridgehead atoms. The highest BCUT2D eigenvalue weighted by Crippen LogP contribution is 2.15. The van der Waals surface area contributed by atoms with E-state index >= 15 is 0 Å². The minimum Gasteiger partial charge on any atom is -0.387 e. The van der Waals surface area contributed by atoms with Crippen molar-refractivity contribution in [1.29, 1.82) is 5.41 Å². The Labute approximate surface area is 91.4 Å². The van der Waals surface area contributed by atoms with E-state index in [9.17, 15) is 0 Å². The highest BCUT2D eigenvalue weighted by molar-refractivity contribution is 5.84. The van der Waals surface area contributed by atoms with Gasteiger partial charge in [0, 0.05) is 6.54 Å². The molecule has 82 valence electrons. The molecule has 0 heterocycles. The smallest absolute Gasteiger partial charge is 0.0995 e. The monoisotopic (exact) mass is 205 g/mol. The molecule has 1 aromatic carbocycles. The molecule has 0 saturated heterocycles. The summed E-state index contributed by atoms with van der Waals surface area (Å²) in [6.45, 7) is 3.87. The third kappa shape index (κ3) is 3.36. The summed E-state index contributed by atoms with van der Waals surface area (Å²) >= 11 is 0. The lowest BCUT2D eigenvalue weighted by Gasteiger charge is -2.22. The summed E-state index contributed by atoms with van der Waals surface area (Å²) in [5.41, 5.74) is 6.74. The van der Waals surface area contributed by atoms with Gasteiger partial charge in [0.1, 0.15) is 0 Å². The van der Waals surface area contributed by atoms with E-state index in [0.717, 1.165) is 18.7 Å². The topological polar surface area (TPSA) is 53.1 Å². The summed E-state index contributed by atoms with van der Waals surface area (Å²) in [5, 5.41) is 7.61. The molecule has 0 aromatic heterocycles. The lowest BCUT2D eigenvalue weighted by atomic mass is 9.97. The summed E-state index contributed by atoms with van der Waals surface area (Å²) in [5.74, 6) is 0.248. The maximum absolute atomic E-state index is 7.61. The van der Waals surface area contributed by atoms with Crippen molar-refractivity contribution in [3.05, 3.63) is 35.9 Å². The Morgan fingerprint density at radius 2 is 2.00 bits per heavy atom. The third-order valence-corrected chi connectivity index (χ3v) is 2.61. The molecule has 1 rings (SSSR count). The van der Waals surface area contributed by atoms with Crippen LogP contribution in [0.25, 0.3) is 0 Å². The Morgan fingerprint density at radius 3 is 2.47 bits per heavy atom. The van der Waals surface area contributed by atoms with Crippen molar-refractivity contribution in [2.75, 3.05) is 20.1 Å². The molecule has 1 aromatic rings. The van der Waals surface area contributed by atoms with Crippen LogP contribution in [0.4, 0.5) is 0 Å². The van der Waals surface area contributed by atoms with Gasteiger partial charge in [0.25, 0.3) is 0 Å². The molecule has 1 unspecified atom stereocenters. The summed E-state index contributed by atoms with van der Waals surface area (Å²) in [4.78, 5) is 2.17. The van der Waals surface area contributed by atoms with Crippen LogP contribution in [0.1, 0.15) is 18.4 Å². The molecule has 0 amide bonds. The average Bonchev–Trinajstić information content (AvgIpc) is 2.26. The number of amidine groups is 1. The zero-order valence-electron chi connectivity index (χ0n) is 9.40. The first kappa shape index (κ1) is 11.7. The number of nitrogens with zero attached hydrogens (tertiary/aromatic N) is 1. The largest absolute Gasteiger partial charge is 0.387 e. The van der Waals surface area contributed by atoms with Crippen molar-refractivity contribution in [2.45, 2.75) is 12.8 Å². The van der Waals surface area contributed by atoms with E-state index in [2.05, 4.69) is 11.8 Å². The van der Waals surface area contributed by atoms with Crippen molar-refractivity contribution in [3.8, 4) is 0 Å². The predicted molar refractivity (Wildman–Crippen MR) is 64.3 cm³/mol. The second kappa shape index (κ2) is 5.51. The molecular weight excluding hydrogens is 186 g/mol. The van der Waals surface area contributed by atoms with Crippen LogP contribution in [0.5, 0.6) is 0 Å². The van der Waals surface area contributed by atoms with Crippen LogP contribution in [0.2, 0.25) is 0 Å². The van der Waals surface area contributed by atoms with E-state index in [4.69, 9.17) is 11.1 Å². The molecule has 1 atom stereocenters. The number of benzene rings is 1. The number of rotatable bonds is 5. The van der Waals surface area contributed by atoms with Gasteiger partial charge < -0.3 is 10.6 Å². The first-order valence-corrected chi connectivity index (χ1v) is 5.22. The van der Waals surface area contributed by atoms with Gasteiger partial charge in [-0.05, 0) is 19.2 Å². The van der Waals surface area contributed by atoms with E-state index in [1.165, 1.54) is 0 Å². The quantitative estimate of drug-likeness (QED) is 0.567. The molecule has 0 radical (unpaired) electrons. The van der Waals surface area contributed by atoms with Crippen LogP contribution < -0.4 is 5.73 Å².